The van der Waals surface area contributed by atoms with E-state index in [2.05, 4.69) is 85.1 Å². The topological polar surface area (TPSA) is 0 Å². The highest BCUT2D eigenvalue weighted by atomic mass is 32.1. The molecule has 0 atom stereocenters. The third-order valence-corrected chi connectivity index (χ3v) is 9.31. The van der Waals surface area contributed by atoms with Crippen molar-refractivity contribution >= 4 is 64.4 Å². The molecular formula is C32H30S2. The molecule has 2 aromatic heterocycles. The average Bonchev–Trinajstić information content (AvgIpc) is 3.52. The summed E-state index contributed by atoms with van der Waals surface area (Å²) in [6.45, 7) is 2.28. The number of unbranched alkanes of at least 4 members (excludes halogenated alkanes) is 3. The first-order chi connectivity index (χ1) is 16.8. The highest BCUT2D eigenvalue weighted by Crippen LogP contribution is 2.38. The van der Waals surface area contributed by atoms with Crippen LogP contribution in [0.25, 0.3) is 41.7 Å². The van der Waals surface area contributed by atoms with Crippen molar-refractivity contribution in [3.05, 3.63) is 94.2 Å². The SMILES string of the molecule is CCCCCCc1ccc(CCc2cc3ccc4cc5c(ccc6ccsc65)cc4c3s2)cc1. The highest BCUT2D eigenvalue weighted by Gasteiger charge is 2.10. The lowest BCUT2D eigenvalue weighted by Crippen LogP contribution is -1.91. The molecule has 0 radical (unpaired) electrons. The number of hydrogen-bond donors (Lipinski definition) is 0. The fourth-order valence-electron chi connectivity index (χ4n) is 5.14. The van der Waals surface area contributed by atoms with E-state index in [4.69, 9.17) is 0 Å². The Morgan fingerprint density at radius 1 is 0.559 bits per heavy atom. The highest BCUT2D eigenvalue weighted by molar-refractivity contribution is 7.20. The molecule has 0 spiro atoms. The molecule has 0 aliphatic carbocycles. The van der Waals surface area contributed by atoms with Gasteiger partial charge >= 0.3 is 0 Å². The first-order valence-electron chi connectivity index (χ1n) is 12.6. The number of fused-ring (bicyclic) bond motifs is 6. The molecule has 6 aromatic rings. The van der Waals surface area contributed by atoms with Crippen LogP contribution in [0.3, 0.4) is 0 Å². The normalized spacial score (nSPS) is 11.9. The average molecular weight is 479 g/mol. The van der Waals surface area contributed by atoms with Crippen LogP contribution in [-0.4, -0.2) is 0 Å². The van der Waals surface area contributed by atoms with Gasteiger partial charge in [-0.25, -0.2) is 0 Å². The van der Waals surface area contributed by atoms with Gasteiger partial charge < -0.3 is 0 Å². The molecule has 0 unspecified atom stereocenters. The fraction of sp³-hybridized carbons (Fsp3) is 0.250. The summed E-state index contributed by atoms with van der Waals surface area (Å²) in [6, 6.07) is 28.0. The largest absolute Gasteiger partial charge is 0.143 e. The first kappa shape index (κ1) is 21.8. The van der Waals surface area contributed by atoms with E-state index in [0.29, 0.717) is 0 Å². The quantitative estimate of drug-likeness (QED) is 0.151. The van der Waals surface area contributed by atoms with Gasteiger partial charge in [0.15, 0.2) is 0 Å². The maximum atomic E-state index is 2.41. The Balaban J connectivity index is 1.23. The van der Waals surface area contributed by atoms with Crippen molar-refractivity contribution in [2.45, 2.75) is 51.9 Å². The van der Waals surface area contributed by atoms with E-state index in [0.717, 1.165) is 12.8 Å². The summed E-state index contributed by atoms with van der Waals surface area (Å²) < 4.78 is 2.83. The van der Waals surface area contributed by atoms with Crippen LogP contribution in [0.5, 0.6) is 0 Å². The van der Waals surface area contributed by atoms with Gasteiger partial charge in [-0.1, -0.05) is 74.7 Å². The van der Waals surface area contributed by atoms with E-state index >= 15 is 0 Å². The van der Waals surface area contributed by atoms with Gasteiger partial charge in [0.05, 0.1) is 0 Å². The van der Waals surface area contributed by atoms with Crippen molar-refractivity contribution < 1.29 is 0 Å². The van der Waals surface area contributed by atoms with Crippen LogP contribution in [0.4, 0.5) is 0 Å². The van der Waals surface area contributed by atoms with Gasteiger partial charge in [0.1, 0.15) is 0 Å². The zero-order valence-corrected chi connectivity index (χ0v) is 21.4. The number of rotatable bonds is 8. The van der Waals surface area contributed by atoms with Gasteiger partial charge in [-0.3, -0.25) is 0 Å². The van der Waals surface area contributed by atoms with E-state index < -0.39 is 0 Å². The maximum Gasteiger partial charge on any atom is 0.0424 e. The molecule has 0 nitrogen and oxygen atoms in total. The number of hydrogen-bond acceptors (Lipinski definition) is 2. The van der Waals surface area contributed by atoms with E-state index in [1.807, 2.05) is 22.7 Å². The van der Waals surface area contributed by atoms with Crippen molar-refractivity contribution in [1.82, 2.24) is 0 Å². The van der Waals surface area contributed by atoms with Crippen LogP contribution in [0.1, 0.15) is 48.6 Å². The van der Waals surface area contributed by atoms with E-state index in [-0.39, 0.29) is 0 Å². The van der Waals surface area contributed by atoms with Crippen molar-refractivity contribution in [2.75, 3.05) is 0 Å². The molecule has 0 aliphatic rings. The number of benzene rings is 4. The molecule has 0 saturated carbocycles. The van der Waals surface area contributed by atoms with Crippen LogP contribution in [-0.2, 0) is 19.3 Å². The zero-order chi connectivity index (χ0) is 22.9. The molecule has 2 heteroatoms. The monoisotopic (exact) mass is 478 g/mol. The minimum absolute atomic E-state index is 1.11. The number of aryl methyl sites for hydroxylation is 3. The van der Waals surface area contributed by atoms with Crippen LogP contribution in [0.15, 0.2) is 78.2 Å². The smallest absolute Gasteiger partial charge is 0.0424 e. The molecule has 0 fully saturated rings. The summed E-state index contributed by atoms with van der Waals surface area (Å²) in [5.41, 5.74) is 2.94. The van der Waals surface area contributed by atoms with Crippen LogP contribution in [0, 0.1) is 0 Å². The summed E-state index contributed by atoms with van der Waals surface area (Å²) in [5.74, 6) is 0. The number of thiophene rings is 2. The molecule has 0 N–H and O–H groups in total. The minimum atomic E-state index is 1.11. The van der Waals surface area contributed by atoms with Gasteiger partial charge in [-0.15, -0.1) is 22.7 Å². The lowest BCUT2D eigenvalue weighted by atomic mass is 10.0. The first-order valence-corrected chi connectivity index (χ1v) is 14.3. The van der Waals surface area contributed by atoms with Crippen molar-refractivity contribution in [2.24, 2.45) is 0 Å². The van der Waals surface area contributed by atoms with Crippen LogP contribution < -0.4 is 0 Å². The Kier molecular flexibility index (Phi) is 6.11. The molecule has 34 heavy (non-hydrogen) atoms. The molecule has 6 rings (SSSR count). The van der Waals surface area contributed by atoms with Crippen molar-refractivity contribution in [3.63, 3.8) is 0 Å². The molecular weight excluding hydrogens is 448 g/mol. The minimum Gasteiger partial charge on any atom is -0.143 e. The second-order valence-electron chi connectivity index (χ2n) is 9.52. The van der Waals surface area contributed by atoms with Gasteiger partial charge in [0, 0.05) is 25.0 Å². The molecule has 0 saturated heterocycles. The summed E-state index contributed by atoms with van der Waals surface area (Å²) in [7, 11) is 0. The fourth-order valence-corrected chi connectivity index (χ4v) is 7.25. The second kappa shape index (κ2) is 9.52. The summed E-state index contributed by atoms with van der Waals surface area (Å²) >= 11 is 3.83. The Hall–Kier alpha value is -2.68. The summed E-state index contributed by atoms with van der Waals surface area (Å²) in [5, 5.41) is 10.4. The van der Waals surface area contributed by atoms with Crippen LogP contribution >= 0.6 is 22.7 Å². The van der Waals surface area contributed by atoms with Crippen molar-refractivity contribution in [3.8, 4) is 0 Å². The Morgan fingerprint density at radius 3 is 2.00 bits per heavy atom. The Bertz CT molecular complexity index is 1580. The predicted octanol–water partition coefficient (Wildman–Crippen LogP) is 10.3. The zero-order valence-electron chi connectivity index (χ0n) is 19.8. The molecule has 0 bridgehead atoms. The second-order valence-corrected chi connectivity index (χ2v) is 11.6. The Morgan fingerprint density at radius 2 is 1.24 bits per heavy atom. The molecule has 2 heterocycles. The third kappa shape index (κ3) is 4.26. The Labute approximate surface area is 209 Å². The standard InChI is InChI=1S/C32H30S2/c1-2-3-4-5-6-22-7-9-23(10-8-22)11-16-28-19-27-15-14-26-20-29-25(21-30(26)32(27)34-28)13-12-24-17-18-33-31(24)29/h7-10,12-15,17-21H,2-6,11,16H2,1H3. The maximum absolute atomic E-state index is 2.41. The van der Waals surface area contributed by atoms with Gasteiger partial charge in [-0.05, 0) is 88.0 Å². The van der Waals surface area contributed by atoms with E-state index in [9.17, 15) is 0 Å². The van der Waals surface area contributed by atoms with E-state index in [1.54, 1.807) is 0 Å². The summed E-state index contributed by atoms with van der Waals surface area (Å²) in [4.78, 5) is 1.49. The predicted molar refractivity (Wildman–Crippen MR) is 154 cm³/mol. The lowest BCUT2D eigenvalue weighted by Gasteiger charge is -2.05. The summed E-state index contributed by atoms with van der Waals surface area (Å²) in [6.07, 6.45) is 8.78. The van der Waals surface area contributed by atoms with Gasteiger partial charge in [0.25, 0.3) is 0 Å². The third-order valence-electron chi connectivity index (χ3n) is 7.11. The molecule has 170 valence electrons. The van der Waals surface area contributed by atoms with Crippen LogP contribution in [0.2, 0.25) is 0 Å². The van der Waals surface area contributed by atoms with Gasteiger partial charge in [-0.2, -0.15) is 0 Å². The van der Waals surface area contributed by atoms with Gasteiger partial charge in [0.2, 0.25) is 0 Å². The van der Waals surface area contributed by atoms with E-state index in [1.165, 1.54) is 89.8 Å². The molecule has 0 amide bonds. The van der Waals surface area contributed by atoms with Crippen molar-refractivity contribution in [1.29, 1.82) is 0 Å². The molecule has 0 aliphatic heterocycles. The molecule has 4 aromatic carbocycles. The lowest BCUT2D eigenvalue weighted by molar-refractivity contribution is 0.667.